The van der Waals surface area contributed by atoms with Crippen molar-refractivity contribution in [1.29, 1.82) is 0 Å². The van der Waals surface area contributed by atoms with Crippen molar-refractivity contribution in [3.8, 4) is 0 Å². The number of nitrogens with one attached hydrogen (secondary N) is 1. The number of nitrogens with two attached hydrogens (primary N) is 1. The van der Waals surface area contributed by atoms with Crippen molar-refractivity contribution in [2.45, 2.75) is 13.5 Å². The van der Waals surface area contributed by atoms with Crippen LogP contribution in [0.4, 0.5) is 11.4 Å². The molecule has 0 bridgehead atoms. The zero-order chi connectivity index (χ0) is 13.1. The van der Waals surface area contributed by atoms with Gasteiger partial charge >= 0.3 is 5.97 Å². The lowest BCUT2D eigenvalue weighted by atomic mass is 10.1. The summed E-state index contributed by atoms with van der Waals surface area (Å²) in [4.78, 5) is 11.1. The molecule has 0 radical (unpaired) electrons. The summed E-state index contributed by atoms with van der Waals surface area (Å²) in [7, 11) is 0. The Labute approximate surface area is 103 Å². The molecule has 0 aliphatic rings. The van der Waals surface area contributed by atoms with Crippen LogP contribution in [0.2, 0.25) is 0 Å². The van der Waals surface area contributed by atoms with E-state index in [9.17, 15) is 4.79 Å². The highest BCUT2D eigenvalue weighted by Gasteiger charge is 2.10. The van der Waals surface area contributed by atoms with Gasteiger partial charge in [-0.05, 0) is 25.1 Å². The molecule has 0 fully saturated rings. The minimum absolute atomic E-state index is 0.131. The van der Waals surface area contributed by atoms with Crippen LogP contribution >= 0.6 is 0 Å². The predicted molar refractivity (Wildman–Crippen MR) is 66.4 cm³/mol. The fourth-order valence-electron chi connectivity index (χ4n) is 1.57. The number of nitrogen functional groups attached to an aromatic ring is 1. The first-order valence-electron chi connectivity index (χ1n) is 5.35. The summed E-state index contributed by atoms with van der Waals surface area (Å²) in [6.45, 7) is 2.18. The molecule has 18 heavy (non-hydrogen) atoms. The lowest BCUT2D eigenvalue weighted by Crippen LogP contribution is -2.06. The number of carboxylic acids is 1. The molecule has 0 aliphatic carbocycles. The Morgan fingerprint density at radius 1 is 1.50 bits per heavy atom. The minimum atomic E-state index is -1.03. The van der Waals surface area contributed by atoms with Crippen molar-refractivity contribution >= 4 is 17.3 Å². The van der Waals surface area contributed by atoms with Gasteiger partial charge in [0.05, 0.1) is 17.8 Å². The first-order chi connectivity index (χ1) is 8.56. The van der Waals surface area contributed by atoms with Gasteiger partial charge in [-0.2, -0.15) is 0 Å². The van der Waals surface area contributed by atoms with Gasteiger partial charge in [-0.15, -0.1) is 0 Å². The third-order valence-corrected chi connectivity index (χ3v) is 2.40. The first-order valence-corrected chi connectivity index (χ1v) is 5.35. The molecule has 0 spiro atoms. The molecular formula is C12H13N3O3. The van der Waals surface area contributed by atoms with E-state index in [0.717, 1.165) is 5.69 Å². The van der Waals surface area contributed by atoms with Crippen molar-refractivity contribution < 1.29 is 14.4 Å². The Morgan fingerprint density at radius 2 is 2.28 bits per heavy atom. The first kappa shape index (κ1) is 12.0. The van der Waals surface area contributed by atoms with Gasteiger partial charge < -0.3 is 20.7 Å². The van der Waals surface area contributed by atoms with E-state index < -0.39 is 5.97 Å². The van der Waals surface area contributed by atoms with Crippen molar-refractivity contribution in [3.05, 3.63) is 41.3 Å². The molecule has 0 aliphatic heterocycles. The molecule has 6 nitrogen and oxygen atoms in total. The van der Waals surface area contributed by atoms with Crippen molar-refractivity contribution in [3.63, 3.8) is 0 Å². The van der Waals surface area contributed by atoms with Crippen molar-refractivity contribution in [2.24, 2.45) is 0 Å². The van der Waals surface area contributed by atoms with E-state index in [-0.39, 0.29) is 5.56 Å². The largest absolute Gasteiger partial charge is 0.478 e. The molecule has 0 saturated carbocycles. The Hall–Kier alpha value is -2.50. The monoisotopic (exact) mass is 247 g/mol. The average Bonchev–Trinajstić information content (AvgIpc) is 2.73. The second kappa shape index (κ2) is 4.79. The molecule has 0 amide bonds. The molecule has 4 N–H and O–H groups in total. The fraction of sp³-hybridized carbons (Fsp3) is 0.167. The number of aromatic carboxylic acids is 1. The number of hydrogen-bond donors (Lipinski definition) is 3. The summed E-state index contributed by atoms with van der Waals surface area (Å²) in [6.07, 6.45) is 0. The zero-order valence-corrected chi connectivity index (χ0v) is 9.80. The molecule has 0 atom stereocenters. The number of carbonyl (C=O) groups is 1. The third-order valence-electron chi connectivity index (χ3n) is 2.40. The zero-order valence-electron chi connectivity index (χ0n) is 9.80. The summed E-state index contributed by atoms with van der Waals surface area (Å²) in [5.74, 6) is -0.390. The molecule has 1 aromatic heterocycles. The van der Waals surface area contributed by atoms with Gasteiger partial charge in [0.2, 0.25) is 0 Å². The maximum absolute atomic E-state index is 11.1. The number of rotatable bonds is 4. The molecule has 1 aromatic carbocycles. The van der Waals surface area contributed by atoms with E-state index in [1.807, 2.05) is 6.92 Å². The topological polar surface area (TPSA) is 101 Å². The Bertz CT molecular complexity index is 578. The van der Waals surface area contributed by atoms with Gasteiger partial charge in [0.25, 0.3) is 0 Å². The number of carboxylic acid groups (broad SMARTS) is 1. The molecule has 94 valence electrons. The Kier molecular flexibility index (Phi) is 3.18. The molecule has 2 aromatic rings. The second-order valence-corrected chi connectivity index (χ2v) is 3.90. The minimum Gasteiger partial charge on any atom is -0.478 e. The molecule has 0 saturated heterocycles. The van der Waals surface area contributed by atoms with Crippen LogP contribution in [0, 0.1) is 6.92 Å². The van der Waals surface area contributed by atoms with Crippen LogP contribution in [-0.4, -0.2) is 16.2 Å². The summed E-state index contributed by atoms with van der Waals surface area (Å²) in [5, 5.41) is 15.8. The summed E-state index contributed by atoms with van der Waals surface area (Å²) < 4.78 is 5.03. The standard InChI is InChI=1S/C12H13N3O3/c1-7-4-9(18-15-7)6-14-11-3-2-8(13)5-10(11)12(16)17/h2-5,14H,6,13H2,1H3,(H,16,17). The Balaban J connectivity index is 2.16. The van der Waals surface area contributed by atoms with Gasteiger partial charge in [-0.25, -0.2) is 4.79 Å². The van der Waals surface area contributed by atoms with Crippen LogP contribution in [0.25, 0.3) is 0 Å². The highest BCUT2D eigenvalue weighted by atomic mass is 16.5. The molecule has 6 heteroatoms. The maximum Gasteiger partial charge on any atom is 0.337 e. The summed E-state index contributed by atoms with van der Waals surface area (Å²) in [6, 6.07) is 6.46. The van der Waals surface area contributed by atoms with Crippen LogP contribution in [0.5, 0.6) is 0 Å². The van der Waals surface area contributed by atoms with E-state index in [1.54, 1.807) is 18.2 Å². The van der Waals surface area contributed by atoms with E-state index in [2.05, 4.69) is 10.5 Å². The average molecular weight is 247 g/mol. The van der Waals surface area contributed by atoms with E-state index in [0.29, 0.717) is 23.7 Å². The number of aryl methyl sites for hydroxylation is 1. The lowest BCUT2D eigenvalue weighted by Gasteiger charge is -2.08. The number of anilines is 2. The van der Waals surface area contributed by atoms with Crippen LogP contribution in [0.3, 0.4) is 0 Å². The van der Waals surface area contributed by atoms with Crippen LogP contribution < -0.4 is 11.1 Å². The van der Waals surface area contributed by atoms with Crippen molar-refractivity contribution in [1.82, 2.24) is 5.16 Å². The van der Waals surface area contributed by atoms with Gasteiger partial charge in [0.15, 0.2) is 5.76 Å². The third kappa shape index (κ3) is 2.60. The highest BCUT2D eigenvalue weighted by Crippen LogP contribution is 2.19. The molecule has 0 unspecified atom stereocenters. The van der Waals surface area contributed by atoms with Crippen molar-refractivity contribution in [2.75, 3.05) is 11.1 Å². The number of nitrogens with zero attached hydrogens (tertiary/aromatic N) is 1. The van der Waals surface area contributed by atoms with Crippen LogP contribution in [-0.2, 0) is 6.54 Å². The van der Waals surface area contributed by atoms with Crippen LogP contribution in [0.1, 0.15) is 21.8 Å². The maximum atomic E-state index is 11.1. The molecular weight excluding hydrogens is 234 g/mol. The SMILES string of the molecule is Cc1cc(CNc2ccc(N)cc2C(=O)O)on1. The predicted octanol–water partition coefficient (Wildman–Crippen LogP) is 1.88. The van der Waals surface area contributed by atoms with Gasteiger partial charge in [0.1, 0.15) is 0 Å². The smallest absolute Gasteiger partial charge is 0.337 e. The molecule has 1 heterocycles. The fourth-order valence-corrected chi connectivity index (χ4v) is 1.57. The van der Waals surface area contributed by atoms with Gasteiger partial charge in [-0.3, -0.25) is 0 Å². The lowest BCUT2D eigenvalue weighted by molar-refractivity contribution is 0.0698. The quantitative estimate of drug-likeness (QED) is 0.713. The van der Waals surface area contributed by atoms with E-state index in [1.165, 1.54) is 6.07 Å². The normalized spacial score (nSPS) is 10.3. The number of aromatic nitrogens is 1. The highest BCUT2D eigenvalue weighted by molar-refractivity contribution is 5.95. The summed E-state index contributed by atoms with van der Waals surface area (Å²) in [5.41, 5.74) is 7.37. The second-order valence-electron chi connectivity index (χ2n) is 3.90. The van der Waals surface area contributed by atoms with E-state index >= 15 is 0 Å². The van der Waals surface area contributed by atoms with E-state index in [4.69, 9.17) is 15.4 Å². The Morgan fingerprint density at radius 3 is 2.89 bits per heavy atom. The number of hydrogen-bond acceptors (Lipinski definition) is 5. The number of benzene rings is 1. The van der Waals surface area contributed by atoms with Gasteiger partial charge in [-0.1, -0.05) is 5.16 Å². The molecule has 2 rings (SSSR count). The summed E-state index contributed by atoms with van der Waals surface area (Å²) >= 11 is 0. The van der Waals surface area contributed by atoms with Gasteiger partial charge in [0, 0.05) is 17.4 Å². The van der Waals surface area contributed by atoms with Crippen LogP contribution in [0.15, 0.2) is 28.8 Å².